The summed E-state index contributed by atoms with van der Waals surface area (Å²) >= 11 is 13.0. The number of benzene rings is 2. The van der Waals surface area contributed by atoms with Crippen LogP contribution in [0.1, 0.15) is 55.4 Å². The van der Waals surface area contributed by atoms with Crippen LogP contribution < -0.4 is 10.4 Å². The summed E-state index contributed by atoms with van der Waals surface area (Å²) in [6.07, 6.45) is 6.72. The summed E-state index contributed by atoms with van der Waals surface area (Å²) in [7, 11) is 0. The number of hydrogen-bond acceptors (Lipinski definition) is 0. The van der Waals surface area contributed by atoms with Crippen molar-refractivity contribution in [2.75, 3.05) is 0 Å². The Morgan fingerprint density at radius 3 is 1.06 bits per heavy atom. The fraction of sp³-hybridized carbons (Fsp3) is 0.333. The van der Waals surface area contributed by atoms with Crippen molar-refractivity contribution in [2.24, 2.45) is 11.8 Å². The predicted octanol–water partition coefficient (Wildman–Crippen LogP) is 8.16. The molecule has 2 aromatic rings. The Balaban J connectivity index is 0.000000266. The van der Waals surface area contributed by atoms with Crippen molar-refractivity contribution in [3.63, 3.8) is 0 Å². The maximum atomic E-state index is 6.49. The standard InChI is InChI=1S/C12H10Cl2Si.2C9H13.Ti/c13-15(14,11-7-3-1-4-8-11)12-9-5-2-6-10-12;2*1-6-5-7(2)9(4)8(6)3;/h1-10H;2*6H,1-4H3;/q;2*-1;+2. The van der Waals surface area contributed by atoms with Gasteiger partial charge in [0.2, 0.25) is 0 Å². The Labute approximate surface area is 233 Å². The molecule has 178 valence electrons. The van der Waals surface area contributed by atoms with E-state index in [4.69, 9.17) is 22.2 Å². The van der Waals surface area contributed by atoms with Gasteiger partial charge in [0.15, 0.2) is 0 Å². The minimum atomic E-state index is -2.51. The summed E-state index contributed by atoms with van der Waals surface area (Å²) in [4.78, 5) is 0. The van der Waals surface area contributed by atoms with Gasteiger partial charge in [-0.2, -0.15) is 22.3 Å². The van der Waals surface area contributed by atoms with Crippen molar-refractivity contribution in [1.29, 1.82) is 0 Å². The first-order valence-electron chi connectivity index (χ1n) is 11.5. The van der Waals surface area contributed by atoms with Crippen LogP contribution in [-0.4, -0.2) is 6.69 Å². The van der Waals surface area contributed by atoms with Gasteiger partial charge in [0.1, 0.15) is 0 Å². The van der Waals surface area contributed by atoms with E-state index in [0.29, 0.717) is 11.8 Å². The molecule has 2 aliphatic rings. The Bertz CT molecular complexity index is 978. The minimum absolute atomic E-state index is 0. The third-order valence-electron chi connectivity index (χ3n) is 6.75. The molecular weight excluding hydrogens is 507 g/mol. The Hall–Kier alpha value is -1.09. The van der Waals surface area contributed by atoms with Crippen LogP contribution in [0, 0.1) is 24.0 Å². The molecule has 0 N–H and O–H groups in total. The monoisotopic (exact) mass is 542 g/mol. The molecule has 0 saturated carbocycles. The van der Waals surface area contributed by atoms with Crippen LogP contribution in [0.4, 0.5) is 0 Å². The fourth-order valence-corrected chi connectivity index (χ4v) is 6.85. The van der Waals surface area contributed by atoms with E-state index < -0.39 is 6.69 Å². The summed E-state index contributed by atoms with van der Waals surface area (Å²) in [5.74, 6) is 1.12. The minimum Gasteiger partial charge on any atom is -0.266 e. The van der Waals surface area contributed by atoms with E-state index >= 15 is 0 Å². The van der Waals surface area contributed by atoms with Gasteiger partial charge in [-0.15, -0.1) is 36.0 Å². The molecule has 0 nitrogen and oxygen atoms in total. The summed E-state index contributed by atoms with van der Waals surface area (Å²) in [5.41, 5.74) is 8.49. The second kappa shape index (κ2) is 13.9. The quantitative estimate of drug-likeness (QED) is 0.204. The zero-order chi connectivity index (χ0) is 24.8. The van der Waals surface area contributed by atoms with E-state index in [9.17, 15) is 0 Å². The van der Waals surface area contributed by atoms with Crippen LogP contribution in [-0.2, 0) is 21.7 Å². The molecule has 0 aliphatic heterocycles. The molecule has 0 amide bonds. The summed E-state index contributed by atoms with van der Waals surface area (Å²) < 4.78 is 0. The third-order valence-corrected chi connectivity index (χ3v) is 11.5. The molecule has 2 aromatic carbocycles. The van der Waals surface area contributed by atoms with Crippen molar-refractivity contribution in [2.45, 2.75) is 55.4 Å². The first kappa shape index (κ1) is 30.9. The van der Waals surface area contributed by atoms with Crippen LogP contribution in [0.3, 0.4) is 0 Å². The Morgan fingerprint density at radius 2 is 0.882 bits per heavy atom. The smallest absolute Gasteiger partial charge is 0.266 e. The Morgan fingerprint density at radius 1 is 0.588 bits per heavy atom. The van der Waals surface area contributed by atoms with Gasteiger partial charge in [0, 0.05) is 0 Å². The summed E-state index contributed by atoms with van der Waals surface area (Å²) in [6, 6.07) is 19.7. The second-order valence-electron chi connectivity index (χ2n) is 8.90. The SMILES string of the molecule is CC1=[C-]C(C)C(C)=C1C.CC1=[C-]C(C)C(C)=C1C.Cl[Si](Cl)(c1ccccc1)c1ccccc1.[Ti+2]. The summed E-state index contributed by atoms with van der Waals surface area (Å²) in [6.45, 7) is 14.8. The number of rotatable bonds is 2. The van der Waals surface area contributed by atoms with Gasteiger partial charge in [-0.25, -0.2) is 11.1 Å². The first-order valence-corrected chi connectivity index (χ1v) is 15.5. The zero-order valence-corrected chi connectivity index (χ0v) is 25.8. The van der Waals surface area contributed by atoms with Crippen LogP contribution in [0.2, 0.25) is 0 Å². The molecule has 4 rings (SSSR count). The average molecular weight is 543 g/mol. The first-order chi connectivity index (χ1) is 15.5. The van der Waals surface area contributed by atoms with Gasteiger partial charge in [0.25, 0.3) is 0 Å². The van der Waals surface area contributed by atoms with Gasteiger partial charge >= 0.3 is 28.4 Å². The fourth-order valence-electron chi connectivity index (χ4n) is 3.79. The summed E-state index contributed by atoms with van der Waals surface area (Å²) in [5, 5.41) is 2.05. The molecule has 34 heavy (non-hydrogen) atoms. The molecule has 0 bridgehead atoms. The molecule has 2 unspecified atom stereocenters. The molecule has 0 fully saturated rings. The maximum Gasteiger partial charge on any atom is 2.00 e. The number of halogens is 2. The maximum absolute atomic E-state index is 6.49. The van der Waals surface area contributed by atoms with Crippen LogP contribution in [0.5, 0.6) is 0 Å². The Kier molecular flexibility index (Phi) is 12.6. The largest absolute Gasteiger partial charge is 2.00 e. The average Bonchev–Trinajstić information content (AvgIpc) is 3.18. The van der Waals surface area contributed by atoms with Gasteiger partial charge in [0.05, 0.1) is 0 Å². The van der Waals surface area contributed by atoms with Crippen molar-refractivity contribution >= 4 is 39.2 Å². The molecule has 0 heterocycles. The van der Waals surface area contributed by atoms with E-state index in [1.807, 2.05) is 60.7 Å². The topological polar surface area (TPSA) is 0 Å². The van der Waals surface area contributed by atoms with Crippen LogP contribution in [0.15, 0.2) is 94.1 Å². The second-order valence-corrected chi connectivity index (χ2v) is 15.2. The number of allylic oxidation sites excluding steroid dienone is 8. The van der Waals surface area contributed by atoms with Crippen LogP contribution >= 0.6 is 22.2 Å². The molecule has 2 aliphatic carbocycles. The predicted molar refractivity (Wildman–Crippen MR) is 150 cm³/mol. The van der Waals surface area contributed by atoms with Gasteiger partial charge < -0.3 is 0 Å². The van der Waals surface area contributed by atoms with Gasteiger partial charge in [-0.1, -0.05) is 114 Å². The number of hydrogen-bond donors (Lipinski definition) is 0. The van der Waals surface area contributed by atoms with E-state index in [1.165, 1.54) is 33.4 Å². The third kappa shape index (κ3) is 7.97. The van der Waals surface area contributed by atoms with E-state index in [-0.39, 0.29) is 21.7 Å². The molecule has 4 heteroatoms. The molecule has 0 spiro atoms. The van der Waals surface area contributed by atoms with E-state index in [2.05, 4.69) is 67.5 Å². The molecule has 0 aromatic heterocycles. The van der Waals surface area contributed by atoms with Crippen molar-refractivity contribution in [3.05, 3.63) is 106 Å². The van der Waals surface area contributed by atoms with Crippen molar-refractivity contribution in [1.82, 2.24) is 0 Å². The normalized spacial score (nSPS) is 19.4. The van der Waals surface area contributed by atoms with E-state index in [0.717, 1.165) is 10.4 Å². The molecule has 0 saturated heterocycles. The molecule has 0 radical (unpaired) electrons. The molecule has 2 atom stereocenters. The zero-order valence-electron chi connectivity index (χ0n) is 21.7. The van der Waals surface area contributed by atoms with Crippen LogP contribution in [0.25, 0.3) is 0 Å². The van der Waals surface area contributed by atoms with E-state index in [1.54, 1.807) is 0 Å². The van der Waals surface area contributed by atoms with Gasteiger partial charge in [-0.3, -0.25) is 12.2 Å². The van der Waals surface area contributed by atoms with Gasteiger partial charge in [-0.05, 0) is 10.4 Å². The van der Waals surface area contributed by atoms with Crippen molar-refractivity contribution in [3.8, 4) is 0 Å². The van der Waals surface area contributed by atoms with Crippen molar-refractivity contribution < 1.29 is 21.7 Å². The molecular formula is C30H36Cl2SiTi.